The highest BCUT2D eigenvalue weighted by atomic mass is 32.1. The highest BCUT2D eigenvalue weighted by molar-refractivity contribution is 7.27. The molecule has 262 valence electrons. The van der Waals surface area contributed by atoms with E-state index in [-0.39, 0.29) is 0 Å². The van der Waals surface area contributed by atoms with Crippen molar-refractivity contribution in [2.24, 2.45) is 0 Å². The Morgan fingerprint density at radius 2 is 0.964 bits per heavy atom. The van der Waals surface area contributed by atoms with E-state index in [1.54, 1.807) is 0 Å². The summed E-state index contributed by atoms with van der Waals surface area (Å²) in [6.45, 7) is 0. The maximum absolute atomic E-state index is 5.42. The van der Waals surface area contributed by atoms with E-state index in [0.29, 0.717) is 5.82 Å². The van der Waals surface area contributed by atoms with Gasteiger partial charge in [-0.3, -0.25) is 0 Å². The van der Waals surface area contributed by atoms with Crippen LogP contribution >= 0.6 is 22.7 Å². The van der Waals surface area contributed by atoms with Gasteiger partial charge in [0.15, 0.2) is 5.82 Å². The van der Waals surface area contributed by atoms with Gasteiger partial charge in [-0.25, -0.2) is 15.0 Å². The van der Waals surface area contributed by atoms with Crippen LogP contribution in [0.25, 0.3) is 108 Å². The second-order valence-corrected chi connectivity index (χ2v) is 16.0. The van der Waals surface area contributed by atoms with Crippen LogP contribution in [0, 0.1) is 0 Å². The molecule has 5 heteroatoms. The predicted molar refractivity (Wildman–Crippen MR) is 238 cm³/mol. The van der Waals surface area contributed by atoms with Crippen molar-refractivity contribution in [3.05, 3.63) is 188 Å². The fourth-order valence-electron chi connectivity index (χ4n) is 7.88. The molecule has 7 aromatic carbocycles. The zero-order valence-corrected chi connectivity index (χ0v) is 31.7. The molecule has 0 fully saturated rings. The van der Waals surface area contributed by atoms with Crippen molar-refractivity contribution in [2.45, 2.75) is 0 Å². The van der Waals surface area contributed by atoms with Crippen molar-refractivity contribution in [3.8, 4) is 66.7 Å². The number of hydrogen-bond donors (Lipinski definition) is 0. The van der Waals surface area contributed by atoms with Gasteiger partial charge in [-0.2, -0.15) is 0 Å². The van der Waals surface area contributed by atoms with E-state index in [2.05, 4.69) is 164 Å². The summed E-state index contributed by atoms with van der Waals surface area (Å²) in [5.41, 5.74) is 11.5. The SMILES string of the molecule is c1ccc(-c2cc(-c3cccc(-c4sc5c(c(-c6ccccc6)nc6ccccc65)c4-c4cccc5c4sc4ccccc45)c3)nc(-c3ccccc3)n2)cc1. The van der Waals surface area contributed by atoms with Crippen LogP contribution in [0.3, 0.4) is 0 Å². The van der Waals surface area contributed by atoms with Crippen LogP contribution in [0.15, 0.2) is 188 Å². The van der Waals surface area contributed by atoms with Gasteiger partial charge in [-0.05, 0) is 29.8 Å². The Hall–Kier alpha value is -6.79. The molecular weight excluding hydrogens is 719 g/mol. The normalized spacial score (nSPS) is 11.6. The van der Waals surface area contributed by atoms with Gasteiger partial charge in [0, 0.05) is 73.9 Å². The first-order valence-electron chi connectivity index (χ1n) is 18.7. The molecule has 11 aromatic rings. The lowest BCUT2D eigenvalue weighted by atomic mass is 9.93. The number of pyridine rings is 1. The van der Waals surface area contributed by atoms with Crippen LogP contribution in [-0.2, 0) is 0 Å². The van der Waals surface area contributed by atoms with Crippen molar-refractivity contribution in [1.29, 1.82) is 0 Å². The number of thiophene rings is 2. The molecule has 0 atom stereocenters. The van der Waals surface area contributed by atoms with E-state index in [1.807, 2.05) is 46.9 Å². The number of rotatable bonds is 6. The molecule has 0 saturated carbocycles. The van der Waals surface area contributed by atoms with E-state index in [4.69, 9.17) is 15.0 Å². The average molecular weight is 750 g/mol. The van der Waals surface area contributed by atoms with Crippen molar-refractivity contribution in [3.63, 3.8) is 0 Å². The minimum Gasteiger partial charge on any atom is -0.247 e. The van der Waals surface area contributed by atoms with Crippen LogP contribution in [0.4, 0.5) is 0 Å². The Labute approximate surface area is 331 Å². The lowest BCUT2D eigenvalue weighted by Crippen LogP contribution is -1.96. The number of nitrogens with zero attached hydrogens (tertiary/aromatic N) is 3. The van der Waals surface area contributed by atoms with Gasteiger partial charge < -0.3 is 0 Å². The van der Waals surface area contributed by atoms with E-state index in [1.165, 1.54) is 46.3 Å². The number of benzene rings is 7. The summed E-state index contributed by atoms with van der Waals surface area (Å²) in [5, 5.41) is 4.91. The minimum absolute atomic E-state index is 0.705. The molecule has 56 heavy (non-hydrogen) atoms. The molecule has 0 aliphatic carbocycles. The summed E-state index contributed by atoms with van der Waals surface area (Å²) in [5.74, 6) is 0.705. The van der Waals surface area contributed by atoms with Crippen molar-refractivity contribution in [1.82, 2.24) is 15.0 Å². The second-order valence-electron chi connectivity index (χ2n) is 13.9. The van der Waals surface area contributed by atoms with Gasteiger partial charge >= 0.3 is 0 Å². The van der Waals surface area contributed by atoms with Crippen molar-refractivity contribution in [2.75, 3.05) is 0 Å². The summed E-state index contributed by atoms with van der Waals surface area (Å²) in [4.78, 5) is 16.9. The van der Waals surface area contributed by atoms with Crippen LogP contribution in [0.1, 0.15) is 0 Å². The Kier molecular flexibility index (Phi) is 7.87. The summed E-state index contributed by atoms with van der Waals surface area (Å²) in [6.07, 6.45) is 0. The van der Waals surface area contributed by atoms with E-state index in [9.17, 15) is 0 Å². The molecule has 0 aliphatic rings. The number of para-hydroxylation sites is 1. The van der Waals surface area contributed by atoms with Gasteiger partial charge in [-0.15, -0.1) is 22.7 Å². The Morgan fingerprint density at radius 3 is 1.75 bits per heavy atom. The van der Waals surface area contributed by atoms with Gasteiger partial charge in [0.1, 0.15) is 0 Å². The molecule has 3 nitrogen and oxygen atoms in total. The third kappa shape index (κ3) is 5.51. The molecule has 0 saturated heterocycles. The van der Waals surface area contributed by atoms with Crippen LogP contribution < -0.4 is 0 Å². The molecule has 0 unspecified atom stereocenters. The van der Waals surface area contributed by atoms with Gasteiger partial charge in [0.2, 0.25) is 0 Å². The highest BCUT2D eigenvalue weighted by Crippen LogP contribution is 2.53. The summed E-state index contributed by atoms with van der Waals surface area (Å²) in [7, 11) is 0. The monoisotopic (exact) mass is 749 g/mol. The number of hydrogen-bond acceptors (Lipinski definition) is 5. The van der Waals surface area contributed by atoms with E-state index in [0.717, 1.165) is 55.8 Å². The summed E-state index contributed by atoms with van der Waals surface area (Å²) in [6, 6.07) is 66.4. The van der Waals surface area contributed by atoms with Crippen LogP contribution in [0.2, 0.25) is 0 Å². The molecule has 0 bridgehead atoms. The second kappa shape index (κ2) is 13.5. The quantitative estimate of drug-likeness (QED) is 0.170. The van der Waals surface area contributed by atoms with Crippen LogP contribution in [-0.4, -0.2) is 15.0 Å². The first kappa shape index (κ1) is 32.6. The molecule has 0 amide bonds. The molecular formula is C51H31N3S2. The highest BCUT2D eigenvalue weighted by Gasteiger charge is 2.25. The van der Waals surface area contributed by atoms with Gasteiger partial charge in [0.05, 0.1) is 22.6 Å². The third-order valence-corrected chi connectivity index (χ3v) is 13.0. The van der Waals surface area contributed by atoms with Gasteiger partial charge in [-0.1, -0.05) is 164 Å². The lowest BCUT2D eigenvalue weighted by Gasteiger charge is -2.12. The minimum atomic E-state index is 0.705. The maximum atomic E-state index is 5.42. The maximum Gasteiger partial charge on any atom is 0.160 e. The van der Waals surface area contributed by atoms with Gasteiger partial charge in [0.25, 0.3) is 0 Å². The molecule has 4 aromatic heterocycles. The van der Waals surface area contributed by atoms with E-state index < -0.39 is 0 Å². The average Bonchev–Trinajstić information content (AvgIpc) is 3.87. The molecule has 0 aliphatic heterocycles. The largest absolute Gasteiger partial charge is 0.247 e. The first-order valence-corrected chi connectivity index (χ1v) is 20.3. The first-order chi connectivity index (χ1) is 27.8. The fourth-order valence-corrected chi connectivity index (χ4v) is 10.5. The molecule has 0 N–H and O–H groups in total. The molecule has 0 radical (unpaired) electrons. The lowest BCUT2D eigenvalue weighted by molar-refractivity contribution is 1.18. The molecule has 11 rings (SSSR count). The smallest absolute Gasteiger partial charge is 0.160 e. The predicted octanol–water partition coefficient (Wildman–Crippen LogP) is 14.6. The standard InChI is InChI=1S/C51H31N3S2/c1-4-16-32(17-5-1)42-31-43(54-51(53-42)34-20-8-3-9-21-34)35-22-14-23-36(30-35)48-45(40-27-15-26-38-37-24-11-13-29-44(37)55-49(38)40)46-47(33-18-6-2-7-19-33)52-41-28-12-10-25-39(41)50(46)56-48/h1-31H. The number of fused-ring (bicyclic) bond motifs is 6. The fraction of sp³-hybridized carbons (Fsp3) is 0. The van der Waals surface area contributed by atoms with Crippen molar-refractivity contribution >= 4 is 63.8 Å². The third-order valence-electron chi connectivity index (χ3n) is 10.5. The number of aromatic nitrogens is 3. The Bertz CT molecular complexity index is 3180. The van der Waals surface area contributed by atoms with Crippen molar-refractivity contribution < 1.29 is 0 Å². The molecule has 0 spiro atoms. The van der Waals surface area contributed by atoms with E-state index >= 15 is 0 Å². The van der Waals surface area contributed by atoms with Crippen LogP contribution in [0.5, 0.6) is 0 Å². The topological polar surface area (TPSA) is 38.7 Å². The Morgan fingerprint density at radius 1 is 0.375 bits per heavy atom. The Balaban J connectivity index is 1.21. The molecule has 4 heterocycles. The summed E-state index contributed by atoms with van der Waals surface area (Å²) < 4.78 is 3.81. The zero-order valence-electron chi connectivity index (χ0n) is 30.1. The zero-order chi connectivity index (χ0) is 37.0. The summed E-state index contributed by atoms with van der Waals surface area (Å²) >= 11 is 3.73.